The molecule has 0 saturated carbocycles. The molecule has 0 radical (unpaired) electrons. The number of primary sulfonamides is 1. The molecule has 0 spiro atoms. The molecule has 40 nitrogen and oxygen atoms in total. The third kappa shape index (κ3) is 30.4. The van der Waals surface area contributed by atoms with Crippen LogP contribution in [0.5, 0.6) is 0 Å². The van der Waals surface area contributed by atoms with Crippen molar-refractivity contribution >= 4 is 221 Å². The molecule has 8 aromatic heterocycles. The van der Waals surface area contributed by atoms with E-state index in [1.54, 1.807) is 132 Å². The van der Waals surface area contributed by atoms with Crippen LogP contribution in [-0.2, 0) is 56.3 Å². The van der Waals surface area contributed by atoms with Crippen LogP contribution in [-0.4, -0.2) is 142 Å². The number of aromatic nitrogens is 14. The monoisotopic (exact) mass is 2000 g/mol. The number of piperazine rings is 1. The maximum Gasteiger partial charge on any atom is 0.416 e. The average molecular weight is 2000 g/mol. The number of sulfonamides is 5. The summed E-state index contributed by atoms with van der Waals surface area (Å²) in [5.74, 6) is 3.87. The molecule has 0 atom stereocenters. The van der Waals surface area contributed by atoms with Gasteiger partial charge in [-0.1, -0.05) is 37.8 Å². The van der Waals surface area contributed by atoms with Gasteiger partial charge < -0.3 is 60.2 Å². The fourth-order valence-electron chi connectivity index (χ4n) is 11.2. The zero-order chi connectivity index (χ0) is 90.4. The maximum absolute atomic E-state index is 13.0. The lowest BCUT2D eigenvalue weighted by molar-refractivity contribution is -0.137. The first-order valence-electron chi connectivity index (χ1n) is 36.9. The van der Waals surface area contributed by atoms with Crippen LogP contribution in [0.2, 0.25) is 0 Å². The van der Waals surface area contributed by atoms with E-state index in [9.17, 15) is 55.3 Å². The Kier molecular flexibility index (Phi) is 37.6. The molecule has 15 aromatic rings. The van der Waals surface area contributed by atoms with Gasteiger partial charge in [-0.25, -0.2) is 86.8 Å². The van der Waals surface area contributed by atoms with Gasteiger partial charge in [-0.2, -0.15) is 47.5 Å². The van der Waals surface area contributed by atoms with Crippen molar-refractivity contribution in [1.82, 2.24) is 73.9 Å². The fraction of sp³-hybridized carbons (Fsp3) is 0.0759. The maximum atomic E-state index is 13.0. The molecular formula is C79H83Cl4F3N30O10S6. The lowest BCUT2D eigenvalue weighted by atomic mass is 10.1. The first-order chi connectivity index (χ1) is 60.6. The Morgan fingerprint density at radius 2 is 0.705 bits per heavy atom. The second kappa shape index (κ2) is 47.4. The minimum absolute atomic E-state index is 0. The number of nitrogens with two attached hydrogens (primary N) is 6. The van der Waals surface area contributed by atoms with Gasteiger partial charge in [-0.3, -0.25) is 14.2 Å². The quantitative estimate of drug-likeness (QED) is 0.0267. The molecule has 1 saturated heterocycles. The number of rotatable bonds is 24. The normalized spacial score (nSPS) is 11.8. The average Bonchev–Trinajstić information content (AvgIpc) is 0.965. The van der Waals surface area contributed by atoms with Crippen LogP contribution < -0.4 is 79.5 Å². The Balaban J connectivity index is 0.000000226. The molecule has 20 N–H and O–H groups in total. The SMILES string of the molecule is C.Cl.Cl.Cl.Cl.Nc1nccc(Nc2ccc(S(=O)(=O)N3CCN(c4cccc(C(F)(F)F)c4)CC3)cc2)n1.Nc1nccc(Nc2ccc(S(=O)(=O)Nc3ccccn3)cc2)n1.Nc1nccc(Nc2ccc(S(=O)(=O)Nc3ccnn3-c3ccccc3)cc2)n1.Nc1nccc(Nc2ccc(S(=O)(=O)Nc3nccs3)cc2)n1.Nc1nccc(Nc2ccc(S(N)(=O)=O)cc2)n1. The van der Waals surface area contributed by atoms with Crippen LogP contribution >= 0.6 is 61.0 Å². The summed E-state index contributed by atoms with van der Waals surface area (Å²) in [6, 6.07) is 60.1. The first-order valence-corrected chi connectivity index (χ1v) is 45.2. The van der Waals surface area contributed by atoms with Gasteiger partial charge in [0, 0.05) is 115 Å². The number of nitrogens with zero attached hydrogens (tertiary/aromatic N) is 16. The molecule has 132 heavy (non-hydrogen) atoms. The van der Waals surface area contributed by atoms with Crippen LogP contribution in [0.15, 0.2) is 310 Å². The van der Waals surface area contributed by atoms with Gasteiger partial charge in [-0.05, 0) is 194 Å². The van der Waals surface area contributed by atoms with Gasteiger partial charge in [0.05, 0.1) is 41.9 Å². The predicted molar refractivity (Wildman–Crippen MR) is 513 cm³/mol. The van der Waals surface area contributed by atoms with Crippen LogP contribution in [0.25, 0.3) is 5.69 Å². The number of halogens is 7. The fourth-order valence-corrected chi connectivity index (χ4v) is 17.0. The lowest BCUT2D eigenvalue weighted by Gasteiger charge is -2.35. The molecule has 7 aromatic carbocycles. The number of para-hydroxylation sites is 1. The predicted octanol–water partition coefficient (Wildman–Crippen LogP) is 13.0. The molecule has 694 valence electrons. The Hall–Kier alpha value is -14.3. The van der Waals surface area contributed by atoms with Crippen molar-refractivity contribution in [2.24, 2.45) is 5.14 Å². The van der Waals surface area contributed by atoms with Gasteiger partial charge in [0.25, 0.3) is 30.1 Å². The Bertz CT molecular complexity index is 6850. The number of anilines is 19. The summed E-state index contributed by atoms with van der Waals surface area (Å²) < 4.78 is 172. The molecule has 9 heterocycles. The minimum atomic E-state index is -4.43. The summed E-state index contributed by atoms with van der Waals surface area (Å²) >= 11 is 1.21. The van der Waals surface area contributed by atoms with Crippen LogP contribution in [0.4, 0.5) is 123 Å². The van der Waals surface area contributed by atoms with E-state index in [2.05, 4.69) is 106 Å². The molecule has 0 aliphatic carbocycles. The highest BCUT2D eigenvalue weighted by Crippen LogP contribution is 2.34. The molecule has 16 rings (SSSR count). The molecule has 0 amide bonds. The molecule has 1 aliphatic rings. The molecule has 1 fully saturated rings. The van der Waals surface area contributed by atoms with E-state index in [1.165, 1.54) is 137 Å². The Morgan fingerprint density at radius 3 is 1.06 bits per heavy atom. The van der Waals surface area contributed by atoms with E-state index in [-0.39, 0.29) is 143 Å². The number of nitrogen functional groups attached to an aromatic ring is 5. The van der Waals surface area contributed by atoms with E-state index in [0.717, 1.165) is 17.8 Å². The number of thiazole rings is 1. The third-order valence-electron chi connectivity index (χ3n) is 17.1. The van der Waals surface area contributed by atoms with Crippen LogP contribution in [0.3, 0.4) is 0 Å². The lowest BCUT2D eigenvalue weighted by Crippen LogP contribution is -2.48. The summed E-state index contributed by atoms with van der Waals surface area (Å²) in [6.45, 7) is 0.905. The van der Waals surface area contributed by atoms with E-state index in [0.29, 0.717) is 74.2 Å². The molecule has 1 aliphatic heterocycles. The third-order valence-corrected chi connectivity index (χ3v) is 24.9. The zero-order valence-corrected chi connectivity index (χ0v) is 75.5. The Labute approximate surface area is 784 Å². The molecular weight excluding hydrogens is 1920 g/mol. The highest BCUT2D eigenvalue weighted by Gasteiger charge is 2.33. The van der Waals surface area contributed by atoms with Gasteiger partial charge >= 0.3 is 6.18 Å². The summed E-state index contributed by atoms with van der Waals surface area (Å²) in [4.78, 5) is 49.2. The van der Waals surface area contributed by atoms with Crippen molar-refractivity contribution in [2.45, 2.75) is 38.1 Å². The summed E-state index contributed by atoms with van der Waals surface area (Å²) in [6.07, 6.45) is 7.76. The number of alkyl halides is 3. The standard InChI is InChI=1S/C21H21F3N6O2S.C19H17N7O2S.C15H14N6O2S.C13H12N6O2S2.C10H11N5O2S.CH4.4ClH/c22-21(23,24)15-2-1-3-17(14-15)29-10-12-30(13-11-29)33(31,32)18-6-4-16(5-7-18)27-19-8-9-26-20(25)28-19;20-19-21-12-10-17(24-19)23-14-6-8-16(9-7-14)29(27,28)25-18-11-13-22-26(18)15-4-2-1-3-5-15;16-15-18-10-8-14(20-15)19-11-4-6-12(7-5-11)24(22,23)21-13-3-1-2-9-17-13;14-12-15-6-5-11(18-12)17-9-1-3-10(4-2-9)23(20,21)19-13-16-7-8-22-13;11-10-13-6-5-9(15-10)14-7-1-3-8(4-2-7)18(12,16)17;;;;;/h1-9,14H,10-13H2,(H3,25,26,27,28);1-13,25H,(H3,20,21,23,24);1-10H,(H,17,21)(H3,16,18,19,20);1-8H,(H,16,19)(H3,14,15,17,18);1-6H,(H2,12,16,17)(H3,11,13,14,15);1H4;4*1H. The van der Waals surface area contributed by atoms with Crippen molar-refractivity contribution in [1.29, 1.82) is 0 Å². The van der Waals surface area contributed by atoms with Crippen molar-refractivity contribution in [3.05, 3.63) is 291 Å². The number of hydrogen-bond donors (Lipinski definition) is 14. The number of pyridine rings is 1. The topological polar surface area (TPSA) is 602 Å². The largest absolute Gasteiger partial charge is 0.416 e. The summed E-state index contributed by atoms with van der Waals surface area (Å²) in [7, 11) is -18.6. The van der Waals surface area contributed by atoms with Gasteiger partial charge in [0.1, 0.15) is 40.7 Å². The van der Waals surface area contributed by atoms with Crippen molar-refractivity contribution < 1.29 is 55.3 Å². The second-order valence-corrected chi connectivity index (χ2v) is 35.5. The zero-order valence-electron chi connectivity index (χ0n) is 67.4. The van der Waals surface area contributed by atoms with E-state index >= 15 is 0 Å². The summed E-state index contributed by atoms with van der Waals surface area (Å²) in [5, 5.41) is 26.2. The second-order valence-electron chi connectivity index (χ2n) is 26.1. The molecule has 53 heteroatoms. The van der Waals surface area contributed by atoms with Crippen LogP contribution in [0.1, 0.15) is 13.0 Å². The smallest absolute Gasteiger partial charge is 0.369 e. The minimum Gasteiger partial charge on any atom is -0.369 e. The number of nitrogens with one attached hydrogen (secondary N) is 8. The van der Waals surface area contributed by atoms with Gasteiger partial charge in [-0.15, -0.1) is 61.0 Å². The number of hydrogen-bond acceptors (Lipinski definition) is 35. The van der Waals surface area contributed by atoms with E-state index in [1.807, 2.05) is 30.3 Å². The van der Waals surface area contributed by atoms with E-state index < -0.39 is 61.9 Å². The van der Waals surface area contributed by atoms with Crippen molar-refractivity contribution in [3.8, 4) is 5.69 Å². The summed E-state index contributed by atoms with van der Waals surface area (Å²) in [5.41, 5.74) is 31.3. The highest BCUT2D eigenvalue weighted by molar-refractivity contribution is 7.93. The van der Waals surface area contributed by atoms with Crippen LogP contribution in [0, 0.1) is 0 Å². The number of benzene rings is 7. The molecule has 0 bridgehead atoms. The highest BCUT2D eigenvalue weighted by atomic mass is 35.5. The molecule has 0 unspecified atom stereocenters. The van der Waals surface area contributed by atoms with Crippen molar-refractivity contribution in [2.75, 3.05) is 100 Å². The first kappa shape index (κ1) is 105. The van der Waals surface area contributed by atoms with Crippen molar-refractivity contribution in [3.63, 3.8) is 0 Å². The van der Waals surface area contributed by atoms with Gasteiger partial charge in [0.15, 0.2) is 5.13 Å². The van der Waals surface area contributed by atoms with Gasteiger partial charge in [0.2, 0.25) is 49.8 Å². The van der Waals surface area contributed by atoms with E-state index in [4.69, 9.17) is 33.8 Å². The Morgan fingerprint density at radius 1 is 0.341 bits per heavy atom.